The van der Waals surface area contributed by atoms with Gasteiger partial charge in [0.25, 0.3) is 5.91 Å². The lowest BCUT2D eigenvalue weighted by molar-refractivity contribution is 0.0938. The number of benzene rings is 1. The molecule has 0 spiro atoms. The molecule has 0 aromatic heterocycles. The average Bonchev–Trinajstić information content (AvgIpc) is 2.39. The zero-order valence-corrected chi connectivity index (χ0v) is 12.3. The first kappa shape index (κ1) is 14.7. The molecule has 2 unspecified atom stereocenters. The predicted molar refractivity (Wildman–Crippen MR) is 80.9 cm³/mol. The molecule has 1 amide bonds. The molecular weight excluding hydrogens is 252 g/mol. The third kappa shape index (κ3) is 3.65. The third-order valence-corrected chi connectivity index (χ3v) is 3.77. The molecule has 3 N–H and O–H groups in total. The highest BCUT2D eigenvalue weighted by Crippen LogP contribution is 2.30. The molecule has 0 aliphatic heterocycles. The lowest BCUT2D eigenvalue weighted by Crippen LogP contribution is -2.27. The Morgan fingerprint density at radius 1 is 1.45 bits per heavy atom. The van der Waals surface area contributed by atoms with Gasteiger partial charge in [0.05, 0.1) is 11.7 Å². The zero-order valence-electron chi connectivity index (χ0n) is 12.3. The molecule has 2 rings (SSSR count). The first-order chi connectivity index (χ1) is 9.60. The second-order valence-corrected chi connectivity index (χ2v) is 5.63. The predicted octanol–water partition coefficient (Wildman–Crippen LogP) is 2.98. The molecule has 1 aromatic carbocycles. The summed E-state index contributed by atoms with van der Waals surface area (Å²) in [6.45, 7) is 4.75. The Labute approximate surface area is 120 Å². The Balaban J connectivity index is 2.16. The number of hydrogen-bond donors (Lipinski definition) is 2. The minimum Gasteiger partial charge on any atom is -0.490 e. The molecule has 1 aliphatic carbocycles. The van der Waals surface area contributed by atoms with Crippen LogP contribution in [-0.4, -0.2) is 18.6 Å². The van der Waals surface area contributed by atoms with Gasteiger partial charge in [-0.2, -0.15) is 0 Å². The maximum absolute atomic E-state index is 12.1. The van der Waals surface area contributed by atoms with E-state index in [1.54, 1.807) is 18.2 Å². The summed E-state index contributed by atoms with van der Waals surface area (Å²) in [7, 11) is 0. The van der Waals surface area contributed by atoms with Crippen LogP contribution in [0.4, 0.5) is 5.69 Å². The van der Waals surface area contributed by atoms with E-state index in [2.05, 4.69) is 12.2 Å². The molecule has 0 heterocycles. The number of nitrogens with one attached hydrogen (secondary N) is 1. The summed E-state index contributed by atoms with van der Waals surface area (Å²) in [6.07, 6.45) is 4.73. The van der Waals surface area contributed by atoms with Gasteiger partial charge >= 0.3 is 0 Å². The van der Waals surface area contributed by atoms with Crippen LogP contribution in [0.1, 0.15) is 49.9 Å². The van der Waals surface area contributed by atoms with E-state index in [1.807, 2.05) is 6.92 Å². The van der Waals surface area contributed by atoms with Crippen molar-refractivity contribution in [1.82, 2.24) is 5.32 Å². The van der Waals surface area contributed by atoms with Crippen molar-refractivity contribution in [2.75, 3.05) is 12.3 Å². The van der Waals surface area contributed by atoms with E-state index in [0.717, 1.165) is 12.8 Å². The molecule has 110 valence electrons. The van der Waals surface area contributed by atoms with Crippen LogP contribution in [0.3, 0.4) is 0 Å². The number of hydrogen-bond acceptors (Lipinski definition) is 3. The summed E-state index contributed by atoms with van der Waals surface area (Å²) in [5, 5.41) is 2.81. The van der Waals surface area contributed by atoms with Gasteiger partial charge in [0, 0.05) is 18.3 Å². The minimum atomic E-state index is -0.105. The number of anilines is 1. The fourth-order valence-corrected chi connectivity index (χ4v) is 2.74. The number of amides is 1. The molecule has 1 aromatic rings. The van der Waals surface area contributed by atoms with Crippen molar-refractivity contribution >= 4 is 11.6 Å². The zero-order chi connectivity index (χ0) is 14.5. The Bertz CT molecular complexity index is 474. The van der Waals surface area contributed by atoms with E-state index in [1.165, 1.54) is 12.8 Å². The van der Waals surface area contributed by atoms with Crippen molar-refractivity contribution in [2.24, 2.45) is 5.92 Å². The van der Waals surface area contributed by atoms with Gasteiger partial charge in [-0.15, -0.1) is 0 Å². The first-order valence-corrected chi connectivity index (χ1v) is 7.44. The molecule has 1 aliphatic rings. The smallest absolute Gasteiger partial charge is 0.255 e. The van der Waals surface area contributed by atoms with Crippen molar-refractivity contribution < 1.29 is 9.53 Å². The monoisotopic (exact) mass is 276 g/mol. The molecule has 0 radical (unpaired) electrons. The molecule has 2 atom stereocenters. The van der Waals surface area contributed by atoms with Gasteiger partial charge in [0.15, 0.2) is 0 Å². The molecule has 0 saturated heterocycles. The highest BCUT2D eigenvalue weighted by molar-refractivity contribution is 5.97. The Kier molecular flexibility index (Phi) is 4.88. The topological polar surface area (TPSA) is 64.4 Å². The summed E-state index contributed by atoms with van der Waals surface area (Å²) in [5.41, 5.74) is 7.01. The quantitative estimate of drug-likeness (QED) is 0.831. The van der Waals surface area contributed by atoms with Crippen molar-refractivity contribution in [3.05, 3.63) is 23.8 Å². The summed E-state index contributed by atoms with van der Waals surface area (Å²) >= 11 is 0. The van der Waals surface area contributed by atoms with Gasteiger partial charge < -0.3 is 15.8 Å². The number of carbonyl (C=O) groups is 1. The number of carbonyl (C=O) groups excluding carboxylic acids is 1. The number of nitrogen functional groups attached to an aromatic ring is 1. The highest BCUT2D eigenvalue weighted by atomic mass is 16.5. The van der Waals surface area contributed by atoms with Crippen LogP contribution in [0.2, 0.25) is 0 Å². The van der Waals surface area contributed by atoms with Crippen LogP contribution in [0.15, 0.2) is 18.2 Å². The van der Waals surface area contributed by atoms with Gasteiger partial charge in [-0.3, -0.25) is 4.79 Å². The van der Waals surface area contributed by atoms with Crippen LogP contribution in [-0.2, 0) is 0 Å². The second-order valence-electron chi connectivity index (χ2n) is 5.63. The van der Waals surface area contributed by atoms with Crippen LogP contribution in [0.5, 0.6) is 5.75 Å². The number of ether oxygens (including phenoxy) is 1. The standard InChI is InChI=1S/C16H24N2O2/c1-3-18-16(19)14-8-7-12(17)10-15(14)20-13-6-4-5-11(2)9-13/h7-8,10-11,13H,3-6,9,17H2,1-2H3,(H,18,19). The lowest BCUT2D eigenvalue weighted by atomic mass is 9.88. The van der Waals surface area contributed by atoms with Crippen molar-refractivity contribution in [3.8, 4) is 5.75 Å². The molecular formula is C16H24N2O2. The summed E-state index contributed by atoms with van der Waals surface area (Å²) < 4.78 is 6.06. The van der Waals surface area contributed by atoms with Gasteiger partial charge in [-0.05, 0) is 44.2 Å². The van der Waals surface area contributed by atoms with Crippen molar-refractivity contribution in [1.29, 1.82) is 0 Å². The maximum Gasteiger partial charge on any atom is 0.255 e. The van der Waals surface area contributed by atoms with Crippen LogP contribution in [0.25, 0.3) is 0 Å². The average molecular weight is 276 g/mol. The van der Waals surface area contributed by atoms with Crippen LogP contribution >= 0.6 is 0 Å². The second kappa shape index (κ2) is 6.64. The van der Waals surface area contributed by atoms with Crippen molar-refractivity contribution in [3.63, 3.8) is 0 Å². The SMILES string of the molecule is CCNC(=O)c1ccc(N)cc1OC1CCCC(C)C1. The first-order valence-electron chi connectivity index (χ1n) is 7.44. The molecule has 0 bridgehead atoms. The summed E-state index contributed by atoms with van der Waals surface area (Å²) in [6, 6.07) is 5.23. The van der Waals surface area contributed by atoms with Gasteiger partial charge in [0.1, 0.15) is 5.75 Å². The summed E-state index contributed by atoms with van der Waals surface area (Å²) in [4.78, 5) is 12.1. The molecule has 20 heavy (non-hydrogen) atoms. The Morgan fingerprint density at radius 3 is 2.95 bits per heavy atom. The van der Waals surface area contributed by atoms with E-state index in [9.17, 15) is 4.79 Å². The van der Waals surface area contributed by atoms with Gasteiger partial charge in [0.2, 0.25) is 0 Å². The van der Waals surface area contributed by atoms with E-state index >= 15 is 0 Å². The fraction of sp³-hybridized carbons (Fsp3) is 0.562. The Morgan fingerprint density at radius 2 is 2.25 bits per heavy atom. The van der Waals surface area contributed by atoms with E-state index in [4.69, 9.17) is 10.5 Å². The van der Waals surface area contributed by atoms with Crippen LogP contribution in [0, 0.1) is 5.92 Å². The minimum absolute atomic E-state index is 0.105. The largest absolute Gasteiger partial charge is 0.490 e. The lowest BCUT2D eigenvalue weighted by Gasteiger charge is -2.28. The molecule has 1 fully saturated rings. The van der Waals surface area contributed by atoms with Gasteiger partial charge in [-0.25, -0.2) is 0 Å². The molecule has 4 nitrogen and oxygen atoms in total. The highest BCUT2D eigenvalue weighted by Gasteiger charge is 2.22. The van der Waals surface area contributed by atoms with Crippen molar-refractivity contribution in [2.45, 2.75) is 45.6 Å². The number of rotatable bonds is 4. The van der Waals surface area contributed by atoms with Gasteiger partial charge in [-0.1, -0.05) is 13.3 Å². The van der Waals surface area contributed by atoms with E-state index < -0.39 is 0 Å². The third-order valence-electron chi connectivity index (χ3n) is 3.77. The Hall–Kier alpha value is -1.71. The van der Waals surface area contributed by atoms with E-state index in [-0.39, 0.29) is 12.0 Å². The van der Waals surface area contributed by atoms with E-state index in [0.29, 0.717) is 29.5 Å². The summed E-state index contributed by atoms with van der Waals surface area (Å²) in [5.74, 6) is 1.18. The maximum atomic E-state index is 12.1. The normalized spacial score (nSPS) is 22.3. The van der Waals surface area contributed by atoms with Crippen LogP contribution < -0.4 is 15.8 Å². The molecule has 4 heteroatoms. The fourth-order valence-electron chi connectivity index (χ4n) is 2.74. The molecule has 1 saturated carbocycles. The number of nitrogens with two attached hydrogens (primary N) is 1.